The quantitative estimate of drug-likeness (QED) is 0.311. The second-order valence-corrected chi connectivity index (χ2v) is 6.96. The van der Waals surface area contributed by atoms with E-state index in [4.69, 9.17) is 4.74 Å². The van der Waals surface area contributed by atoms with Gasteiger partial charge in [-0.2, -0.15) is 5.10 Å². The van der Waals surface area contributed by atoms with Crippen molar-refractivity contribution in [2.75, 3.05) is 7.11 Å². The first-order valence-corrected chi connectivity index (χ1v) is 9.05. The van der Waals surface area contributed by atoms with E-state index in [9.17, 15) is 24.8 Å². The van der Waals surface area contributed by atoms with Gasteiger partial charge < -0.3 is 15.2 Å². The maximum absolute atomic E-state index is 12.8. The number of benzene rings is 2. The van der Waals surface area contributed by atoms with Crippen LogP contribution in [-0.2, 0) is 11.2 Å². The lowest BCUT2D eigenvalue weighted by atomic mass is 9.93. The van der Waals surface area contributed by atoms with Gasteiger partial charge in [-0.15, -0.1) is 5.01 Å². The fourth-order valence-corrected chi connectivity index (χ4v) is 3.09. The van der Waals surface area contributed by atoms with E-state index in [1.165, 1.54) is 13.2 Å². The van der Waals surface area contributed by atoms with Gasteiger partial charge in [0.1, 0.15) is 5.54 Å². The number of hydrazone groups is 1. The number of aromatic hydroxyl groups is 1. The van der Waals surface area contributed by atoms with E-state index in [0.717, 1.165) is 17.8 Å². The number of aryl methyl sites for hydroxylation is 1. The highest BCUT2D eigenvalue weighted by molar-refractivity contribution is 6.07. The molecule has 10 heteroatoms. The van der Waals surface area contributed by atoms with Crippen molar-refractivity contribution in [3.8, 4) is 11.5 Å². The molecule has 156 valence electrons. The lowest BCUT2D eigenvalue weighted by molar-refractivity contribution is -0.386. The summed E-state index contributed by atoms with van der Waals surface area (Å²) in [6.45, 7) is 1.63. The Bertz CT molecular complexity index is 1020. The number of nitrogens with one attached hydrogen (secondary N) is 1. The Kier molecular flexibility index (Phi) is 5.67. The second-order valence-electron chi connectivity index (χ2n) is 6.96. The maximum atomic E-state index is 12.8. The number of hydrogen-bond acceptors (Lipinski definition) is 7. The summed E-state index contributed by atoms with van der Waals surface area (Å²) in [5.74, 6) is -1.28. The van der Waals surface area contributed by atoms with Crippen LogP contribution in [0.3, 0.4) is 0 Å². The third-order valence-corrected chi connectivity index (χ3v) is 4.81. The summed E-state index contributed by atoms with van der Waals surface area (Å²) in [5, 5.41) is 28.2. The molecular weight excluding hydrogens is 392 g/mol. The summed E-state index contributed by atoms with van der Waals surface area (Å²) in [6.07, 6.45) is 2.09. The minimum absolute atomic E-state index is 0.129. The Balaban J connectivity index is 1.79. The summed E-state index contributed by atoms with van der Waals surface area (Å²) in [4.78, 5) is 35.4. The molecule has 1 saturated heterocycles. The van der Waals surface area contributed by atoms with Gasteiger partial charge in [0, 0.05) is 11.6 Å². The normalized spacial score (nSPS) is 18.7. The number of amides is 3. The lowest BCUT2D eigenvalue weighted by Gasteiger charge is -2.20. The molecule has 0 unspecified atom stereocenters. The van der Waals surface area contributed by atoms with Crippen LogP contribution >= 0.6 is 0 Å². The predicted octanol–water partition coefficient (Wildman–Crippen LogP) is 2.59. The smallest absolute Gasteiger partial charge is 0.346 e. The van der Waals surface area contributed by atoms with Crippen LogP contribution in [0.1, 0.15) is 24.5 Å². The van der Waals surface area contributed by atoms with Gasteiger partial charge in [-0.25, -0.2) is 4.79 Å². The molecular formula is C20H20N4O6. The Labute approximate surface area is 171 Å². The Morgan fingerprint density at radius 3 is 2.63 bits per heavy atom. The zero-order valence-corrected chi connectivity index (χ0v) is 16.4. The number of nitrogens with zero attached hydrogens (tertiary/aromatic N) is 3. The van der Waals surface area contributed by atoms with E-state index in [1.54, 1.807) is 6.92 Å². The van der Waals surface area contributed by atoms with Crippen LogP contribution in [0.15, 0.2) is 47.6 Å². The van der Waals surface area contributed by atoms with Gasteiger partial charge in [-0.3, -0.25) is 14.9 Å². The van der Waals surface area contributed by atoms with E-state index in [0.29, 0.717) is 17.9 Å². The summed E-state index contributed by atoms with van der Waals surface area (Å²) in [6, 6.07) is 11.2. The van der Waals surface area contributed by atoms with Gasteiger partial charge in [0.15, 0.2) is 5.75 Å². The number of methoxy groups -OCH3 is 1. The van der Waals surface area contributed by atoms with Crippen molar-refractivity contribution in [1.29, 1.82) is 0 Å². The Morgan fingerprint density at radius 1 is 1.30 bits per heavy atom. The van der Waals surface area contributed by atoms with E-state index in [-0.39, 0.29) is 11.3 Å². The molecule has 0 spiro atoms. The van der Waals surface area contributed by atoms with E-state index >= 15 is 0 Å². The number of phenols is 1. The average Bonchev–Trinajstić information content (AvgIpc) is 2.94. The molecule has 0 aromatic heterocycles. The molecule has 3 rings (SSSR count). The van der Waals surface area contributed by atoms with Crippen molar-refractivity contribution in [1.82, 2.24) is 10.3 Å². The van der Waals surface area contributed by atoms with Crippen molar-refractivity contribution in [2.24, 2.45) is 5.10 Å². The molecule has 2 aromatic rings. The van der Waals surface area contributed by atoms with Crippen molar-refractivity contribution >= 4 is 23.8 Å². The number of nitro benzene ring substituents is 1. The molecule has 2 N–H and O–H groups in total. The molecule has 0 aliphatic carbocycles. The maximum Gasteiger partial charge on any atom is 0.346 e. The van der Waals surface area contributed by atoms with Crippen LogP contribution in [0.2, 0.25) is 0 Å². The Morgan fingerprint density at radius 2 is 2.00 bits per heavy atom. The van der Waals surface area contributed by atoms with Crippen molar-refractivity contribution in [3.63, 3.8) is 0 Å². The molecule has 2 aromatic carbocycles. The highest BCUT2D eigenvalue weighted by Crippen LogP contribution is 2.36. The molecule has 30 heavy (non-hydrogen) atoms. The monoisotopic (exact) mass is 412 g/mol. The number of ether oxygens (including phenoxy) is 1. The number of imide groups is 1. The first kappa shape index (κ1) is 20.8. The van der Waals surface area contributed by atoms with Crippen LogP contribution in [0.5, 0.6) is 11.5 Å². The molecule has 0 radical (unpaired) electrons. The third-order valence-electron chi connectivity index (χ3n) is 4.81. The largest absolute Gasteiger partial charge is 0.500 e. The van der Waals surface area contributed by atoms with Gasteiger partial charge >= 0.3 is 11.7 Å². The summed E-state index contributed by atoms with van der Waals surface area (Å²) in [7, 11) is 1.25. The van der Waals surface area contributed by atoms with Gasteiger partial charge in [0.2, 0.25) is 5.75 Å². The highest BCUT2D eigenvalue weighted by Gasteiger charge is 2.47. The first-order chi connectivity index (χ1) is 14.2. The number of rotatable bonds is 7. The molecule has 10 nitrogen and oxygen atoms in total. The van der Waals surface area contributed by atoms with Crippen LogP contribution in [-0.4, -0.2) is 45.8 Å². The van der Waals surface area contributed by atoms with Crippen LogP contribution < -0.4 is 10.1 Å². The standard InChI is InChI=1S/C20H20N4O6/c1-20(9-8-13-6-4-3-5-7-13)18(26)23(19(27)22-20)21-12-14-10-15(24(28)29)17(25)16(11-14)30-2/h3-7,10-12,25H,8-9H2,1-2H3,(H,22,27)/b21-12+/t20-/m1/s1. The minimum Gasteiger partial charge on any atom is -0.500 e. The SMILES string of the molecule is COc1cc(/C=N/N2C(=O)N[C@](C)(CCc3ccccc3)C2=O)cc([N+](=O)[O-])c1O. The molecule has 0 bridgehead atoms. The van der Waals surface area contributed by atoms with Gasteiger partial charge in [-0.05, 0) is 31.4 Å². The molecule has 1 heterocycles. The van der Waals surface area contributed by atoms with E-state index in [2.05, 4.69) is 10.4 Å². The molecule has 1 atom stereocenters. The Hall–Kier alpha value is -3.95. The fourth-order valence-electron chi connectivity index (χ4n) is 3.09. The number of carbonyl (C=O) groups is 2. The van der Waals surface area contributed by atoms with Crippen molar-refractivity contribution < 1.29 is 24.4 Å². The number of hydrogen-bond donors (Lipinski definition) is 2. The predicted molar refractivity (Wildman–Crippen MR) is 107 cm³/mol. The minimum atomic E-state index is -1.12. The van der Waals surface area contributed by atoms with Crippen LogP contribution in [0.25, 0.3) is 0 Å². The first-order valence-electron chi connectivity index (χ1n) is 9.05. The second kappa shape index (κ2) is 8.19. The molecule has 0 saturated carbocycles. The zero-order chi connectivity index (χ0) is 21.9. The molecule has 1 fully saturated rings. The van der Waals surface area contributed by atoms with Gasteiger partial charge in [-0.1, -0.05) is 30.3 Å². The van der Waals surface area contributed by atoms with Crippen LogP contribution in [0, 0.1) is 10.1 Å². The zero-order valence-electron chi connectivity index (χ0n) is 16.4. The van der Waals surface area contributed by atoms with Crippen molar-refractivity contribution in [2.45, 2.75) is 25.3 Å². The van der Waals surface area contributed by atoms with Crippen molar-refractivity contribution in [3.05, 3.63) is 63.7 Å². The summed E-state index contributed by atoms with van der Waals surface area (Å²) in [5.41, 5.74) is -0.495. The lowest BCUT2D eigenvalue weighted by Crippen LogP contribution is -2.44. The molecule has 1 aliphatic rings. The fraction of sp³-hybridized carbons (Fsp3) is 0.250. The van der Waals surface area contributed by atoms with E-state index < -0.39 is 33.8 Å². The molecule has 3 amide bonds. The van der Waals surface area contributed by atoms with Gasteiger partial charge in [0.05, 0.1) is 18.2 Å². The summed E-state index contributed by atoms with van der Waals surface area (Å²) >= 11 is 0. The molecule has 1 aliphatic heterocycles. The van der Waals surface area contributed by atoms with Gasteiger partial charge in [0.25, 0.3) is 5.91 Å². The number of carbonyl (C=O) groups excluding carboxylic acids is 2. The summed E-state index contributed by atoms with van der Waals surface area (Å²) < 4.78 is 4.92. The topological polar surface area (TPSA) is 134 Å². The number of nitro groups is 1. The van der Waals surface area contributed by atoms with E-state index in [1.807, 2.05) is 30.3 Å². The highest BCUT2D eigenvalue weighted by atomic mass is 16.6. The van der Waals surface area contributed by atoms with Crippen LogP contribution in [0.4, 0.5) is 10.5 Å². The average molecular weight is 412 g/mol. The third kappa shape index (κ3) is 4.07. The number of phenolic OH excluding ortho intramolecular Hbond substituents is 1. The number of urea groups is 1.